The Morgan fingerprint density at radius 1 is 1.11 bits per heavy atom. The summed E-state index contributed by atoms with van der Waals surface area (Å²) in [5, 5.41) is 1.48. The number of nitrogens with two attached hydrogens (primary N) is 1. The molecule has 0 bridgehead atoms. The molecule has 0 aliphatic rings. The normalized spacial score (nSPS) is 10.7. The van der Waals surface area contributed by atoms with Crippen LogP contribution in [0.15, 0.2) is 42.9 Å². The second kappa shape index (κ2) is 4.23. The molecule has 2 aromatic heterocycles. The van der Waals surface area contributed by atoms with Crippen molar-refractivity contribution in [1.82, 2.24) is 15.0 Å². The molecule has 1 aromatic carbocycles. The van der Waals surface area contributed by atoms with Crippen LogP contribution in [0, 0.1) is 0 Å². The van der Waals surface area contributed by atoms with E-state index in [1.165, 1.54) is 6.33 Å². The molecule has 3 rings (SSSR count). The number of hydrogen-bond donors (Lipinski definition) is 1. The van der Waals surface area contributed by atoms with Gasteiger partial charge in [-0.1, -0.05) is 29.8 Å². The van der Waals surface area contributed by atoms with Crippen molar-refractivity contribution < 1.29 is 0 Å². The number of aromatic nitrogens is 3. The predicted molar refractivity (Wildman–Crippen MR) is 72.2 cm³/mol. The van der Waals surface area contributed by atoms with E-state index in [9.17, 15) is 0 Å². The Balaban J connectivity index is 2.30. The zero-order valence-corrected chi connectivity index (χ0v) is 10.1. The summed E-state index contributed by atoms with van der Waals surface area (Å²) in [7, 11) is 0. The van der Waals surface area contributed by atoms with Crippen LogP contribution in [-0.2, 0) is 0 Å². The average molecular weight is 257 g/mol. The summed E-state index contributed by atoms with van der Waals surface area (Å²) in [5.41, 5.74) is 8.19. The predicted octanol–water partition coefficient (Wildman–Crippen LogP) is 2.93. The molecule has 0 aliphatic carbocycles. The number of pyridine rings is 1. The zero-order chi connectivity index (χ0) is 12.5. The highest BCUT2D eigenvalue weighted by atomic mass is 35.5. The molecule has 0 radical (unpaired) electrons. The van der Waals surface area contributed by atoms with E-state index in [0.717, 1.165) is 16.5 Å². The SMILES string of the molecule is Nc1nc2ncncc2cc1-c1ccccc1Cl. The van der Waals surface area contributed by atoms with Crippen LogP contribution in [-0.4, -0.2) is 15.0 Å². The van der Waals surface area contributed by atoms with Crippen molar-refractivity contribution in [1.29, 1.82) is 0 Å². The van der Waals surface area contributed by atoms with Gasteiger partial charge in [0, 0.05) is 27.7 Å². The van der Waals surface area contributed by atoms with E-state index in [1.54, 1.807) is 6.20 Å². The molecule has 0 aliphatic heterocycles. The van der Waals surface area contributed by atoms with Crippen LogP contribution < -0.4 is 5.73 Å². The molecule has 88 valence electrons. The Labute approximate surface area is 108 Å². The third-order valence-corrected chi connectivity index (χ3v) is 3.01. The topological polar surface area (TPSA) is 64.7 Å². The second-order valence-electron chi connectivity index (χ2n) is 3.84. The average Bonchev–Trinajstić information content (AvgIpc) is 2.39. The molecule has 0 unspecified atom stereocenters. The van der Waals surface area contributed by atoms with Gasteiger partial charge in [-0.3, -0.25) is 0 Å². The maximum absolute atomic E-state index is 6.17. The maximum atomic E-state index is 6.17. The number of rotatable bonds is 1. The van der Waals surface area contributed by atoms with Crippen LogP contribution in [0.25, 0.3) is 22.2 Å². The lowest BCUT2D eigenvalue weighted by atomic mass is 10.1. The maximum Gasteiger partial charge on any atom is 0.164 e. The van der Waals surface area contributed by atoms with E-state index in [-0.39, 0.29) is 0 Å². The van der Waals surface area contributed by atoms with Crippen LogP contribution >= 0.6 is 11.6 Å². The molecule has 0 saturated heterocycles. The summed E-state index contributed by atoms with van der Waals surface area (Å²) >= 11 is 6.17. The van der Waals surface area contributed by atoms with Gasteiger partial charge in [0.2, 0.25) is 0 Å². The fourth-order valence-electron chi connectivity index (χ4n) is 1.83. The summed E-state index contributed by atoms with van der Waals surface area (Å²) in [6.07, 6.45) is 3.15. The highest BCUT2D eigenvalue weighted by Gasteiger charge is 2.09. The van der Waals surface area contributed by atoms with Gasteiger partial charge in [-0.2, -0.15) is 0 Å². The van der Waals surface area contributed by atoms with Gasteiger partial charge in [0.25, 0.3) is 0 Å². The highest BCUT2D eigenvalue weighted by Crippen LogP contribution is 2.32. The molecule has 0 amide bonds. The Morgan fingerprint density at radius 3 is 2.78 bits per heavy atom. The van der Waals surface area contributed by atoms with Crippen molar-refractivity contribution in [2.75, 3.05) is 5.73 Å². The number of benzene rings is 1. The summed E-state index contributed by atoms with van der Waals surface area (Å²) in [4.78, 5) is 12.3. The number of nitrogen functional groups attached to an aromatic ring is 1. The minimum absolute atomic E-state index is 0.411. The minimum atomic E-state index is 0.411. The molecule has 2 heterocycles. The summed E-state index contributed by atoms with van der Waals surface area (Å²) in [6.45, 7) is 0. The van der Waals surface area contributed by atoms with E-state index in [4.69, 9.17) is 17.3 Å². The largest absolute Gasteiger partial charge is 0.383 e. The van der Waals surface area contributed by atoms with Gasteiger partial charge < -0.3 is 5.73 Å². The van der Waals surface area contributed by atoms with Crippen LogP contribution in [0.1, 0.15) is 0 Å². The molecule has 0 fully saturated rings. The second-order valence-corrected chi connectivity index (χ2v) is 4.24. The summed E-state index contributed by atoms with van der Waals surface area (Å²) in [5.74, 6) is 0.411. The molecule has 0 saturated carbocycles. The number of nitrogens with zero attached hydrogens (tertiary/aromatic N) is 3. The number of anilines is 1. The standard InChI is InChI=1S/C13H9ClN4/c14-11-4-2-1-3-9(11)10-5-8-6-16-7-17-13(8)18-12(10)15/h1-7H,(H2,15,16,17,18). The Kier molecular flexibility index (Phi) is 2.57. The third kappa shape index (κ3) is 1.76. The molecule has 5 heteroatoms. The monoisotopic (exact) mass is 256 g/mol. The van der Waals surface area contributed by atoms with Gasteiger partial charge in [0.15, 0.2) is 5.65 Å². The zero-order valence-electron chi connectivity index (χ0n) is 9.34. The van der Waals surface area contributed by atoms with E-state index in [1.807, 2.05) is 30.3 Å². The number of halogens is 1. The third-order valence-electron chi connectivity index (χ3n) is 2.68. The molecule has 4 nitrogen and oxygen atoms in total. The summed E-state index contributed by atoms with van der Waals surface area (Å²) in [6, 6.07) is 9.41. The van der Waals surface area contributed by atoms with Crippen molar-refractivity contribution in [2.24, 2.45) is 0 Å². The number of hydrogen-bond acceptors (Lipinski definition) is 4. The smallest absolute Gasteiger partial charge is 0.164 e. The first-order valence-corrected chi connectivity index (χ1v) is 5.74. The van der Waals surface area contributed by atoms with Crippen LogP contribution in [0.5, 0.6) is 0 Å². The lowest BCUT2D eigenvalue weighted by Crippen LogP contribution is -1.97. The van der Waals surface area contributed by atoms with Crippen LogP contribution in [0.2, 0.25) is 5.02 Å². The van der Waals surface area contributed by atoms with Gasteiger partial charge >= 0.3 is 0 Å². The Morgan fingerprint density at radius 2 is 1.94 bits per heavy atom. The van der Waals surface area contributed by atoms with E-state index in [2.05, 4.69) is 15.0 Å². The number of fused-ring (bicyclic) bond motifs is 1. The quantitative estimate of drug-likeness (QED) is 0.727. The first-order valence-electron chi connectivity index (χ1n) is 5.37. The van der Waals surface area contributed by atoms with Crippen molar-refractivity contribution in [3.8, 4) is 11.1 Å². The van der Waals surface area contributed by atoms with E-state index in [0.29, 0.717) is 16.5 Å². The molecular formula is C13H9ClN4. The van der Waals surface area contributed by atoms with Crippen molar-refractivity contribution in [3.63, 3.8) is 0 Å². The van der Waals surface area contributed by atoms with Crippen molar-refractivity contribution in [2.45, 2.75) is 0 Å². The molecule has 0 spiro atoms. The van der Waals surface area contributed by atoms with Gasteiger partial charge in [-0.15, -0.1) is 0 Å². The summed E-state index contributed by atoms with van der Waals surface area (Å²) < 4.78 is 0. The Hall–Kier alpha value is -2.20. The van der Waals surface area contributed by atoms with Crippen LogP contribution in [0.4, 0.5) is 5.82 Å². The van der Waals surface area contributed by atoms with Crippen molar-refractivity contribution in [3.05, 3.63) is 47.9 Å². The highest BCUT2D eigenvalue weighted by molar-refractivity contribution is 6.33. The minimum Gasteiger partial charge on any atom is -0.383 e. The molecular weight excluding hydrogens is 248 g/mol. The Bertz CT molecular complexity index is 727. The molecule has 0 atom stereocenters. The molecule has 3 aromatic rings. The van der Waals surface area contributed by atoms with Crippen LogP contribution in [0.3, 0.4) is 0 Å². The van der Waals surface area contributed by atoms with Gasteiger partial charge in [-0.25, -0.2) is 15.0 Å². The molecule has 2 N–H and O–H groups in total. The van der Waals surface area contributed by atoms with E-state index >= 15 is 0 Å². The van der Waals surface area contributed by atoms with Gasteiger partial charge in [0.05, 0.1) is 0 Å². The molecule has 18 heavy (non-hydrogen) atoms. The lowest BCUT2D eigenvalue weighted by Gasteiger charge is -2.08. The first kappa shape index (κ1) is 10.9. The lowest BCUT2D eigenvalue weighted by molar-refractivity contribution is 1.18. The van der Waals surface area contributed by atoms with Gasteiger partial charge in [-0.05, 0) is 12.1 Å². The van der Waals surface area contributed by atoms with Crippen molar-refractivity contribution >= 4 is 28.5 Å². The fraction of sp³-hybridized carbons (Fsp3) is 0. The fourth-order valence-corrected chi connectivity index (χ4v) is 2.07. The first-order chi connectivity index (χ1) is 8.75. The van der Waals surface area contributed by atoms with Gasteiger partial charge in [0.1, 0.15) is 12.1 Å². The van der Waals surface area contributed by atoms with E-state index < -0.39 is 0 Å².